The van der Waals surface area contributed by atoms with E-state index in [9.17, 15) is 8.42 Å². The molecule has 0 atom stereocenters. The molecule has 17 heavy (non-hydrogen) atoms. The van der Waals surface area contributed by atoms with Crippen LogP contribution in [0.25, 0.3) is 0 Å². The van der Waals surface area contributed by atoms with Crippen molar-refractivity contribution in [3.05, 3.63) is 11.2 Å². The third-order valence-corrected chi connectivity index (χ3v) is 4.17. The van der Waals surface area contributed by atoms with Gasteiger partial charge in [-0.15, -0.1) is 0 Å². The average Bonchev–Trinajstić information content (AvgIpc) is 2.14. The molecule has 1 rings (SSSR count). The lowest BCUT2D eigenvalue weighted by molar-refractivity contribution is 0.397. The molecule has 0 aromatic carbocycles. The minimum Gasteiger partial charge on any atom is -0.481 e. The van der Waals surface area contributed by atoms with Gasteiger partial charge in [-0.3, -0.25) is 4.72 Å². The summed E-state index contributed by atoms with van der Waals surface area (Å²) >= 11 is 5.71. The molecule has 0 aliphatic rings. The summed E-state index contributed by atoms with van der Waals surface area (Å²) in [5.74, 6) is 0.0842. The predicted molar refractivity (Wildman–Crippen MR) is 65.9 cm³/mol. The molecule has 1 aromatic heterocycles. The van der Waals surface area contributed by atoms with E-state index in [1.807, 2.05) is 0 Å². The number of methoxy groups -OCH3 is 1. The number of ether oxygens (including phenoxy) is 1. The molecule has 0 saturated carbocycles. The molecule has 8 heteroatoms. The van der Waals surface area contributed by atoms with Crippen molar-refractivity contribution in [3.8, 4) is 5.88 Å². The SMILES string of the molecule is COc1cc(Cl)nc(NS(=O)(=O)C(C)(C)C)n1. The van der Waals surface area contributed by atoms with Crippen molar-refractivity contribution in [1.82, 2.24) is 9.97 Å². The number of nitrogens with one attached hydrogen (secondary N) is 1. The number of aromatic nitrogens is 2. The Morgan fingerprint density at radius 2 is 1.94 bits per heavy atom. The third-order valence-electron chi connectivity index (χ3n) is 1.91. The Bertz CT molecular complexity index is 511. The molecule has 0 aliphatic heterocycles. The van der Waals surface area contributed by atoms with Gasteiger partial charge in [0.05, 0.1) is 11.9 Å². The van der Waals surface area contributed by atoms with Gasteiger partial charge in [0.15, 0.2) is 0 Å². The Morgan fingerprint density at radius 3 is 2.41 bits per heavy atom. The van der Waals surface area contributed by atoms with Crippen LogP contribution in [0.3, 0.4) is 0 Å². The molecule has 6 nitrogen and oxygen atoms in total. The first-order valence-corrected chi connectivity index (χ1v) is 6.63. The van der Waals surface area contributed by atoms with Crippen LogP contribution < -0.4 is 9.46 Å². The van der Waals surface area contributed by atoms with Crippen LogP contribution in [-0.4, -0.2) is 30.2 Å². The molecule has 0 amide bonds. The number of hydrogen-bond acceptors (Lipinski definition) is 5. The first kappa shape index (κ1) is 14.0. The standard InChI is InChI=1S/C9H14ClN3O3S/c1-9(2,3)17(14,15)13-8-11-6(10)5-7(12-8)16-4/h5H,1-4H3,(H,11,12,13). The molecule has 0 spiro atoms. The van der Waals surface area contributed by atoms with E-state index >= 15 is 0 Å². The average molecular weight is 280 g/mol. The second-order valence-electron chi connectivity index (χ2n) is 4.27. The number of anilines is 1. The second-order valence-corrected chi connectivity index (χ2v) is 7.10. The smallest absolute Gasteiger partial charge is 0.241 e. The summed E-state index contributed by atoms with van der Waals surface area (Å²) in [5, 5.41) is 0.100. The van der Waals surface area contributed by atoms with Gasteiger partial charge in [0.25, 0.3) is 0 Å². The van der Waals surface area contributed by atoms with E-state index in [0.29, 0.717) is 0 Å². The maximum absolute atomic E-state index is 11.9. The van der Waals surface area contributed by atoms with E-state index in [4.69, 9.17) is 16.3 Å². The van der Waals surface area contributed by atoms with E-state index in [-0.39, 0.29) is 17.0 Å². The Hall–Kier alpha value is -1.08. The van der Waals surface area contributed by atoms with Gasteiger partial charge < -0.3 is 4.74 Å². The van der Waals surface area contributed by atoms with E-state index in [0.717, 1.165) is 0 Å². The molecule has 96 valence electrons. The first-order chi connectivity index (χ1) is 7.65. The Morgan fingerprint density at radius 1 is 1.35 bits per heavy atom. The van der Waals surface area contributed by atoms with Gasteiger partial charge in [-0.25, -0.2) is 13.4 Å². The molecule has 0 fully saturated rings. The van der Waals surface area contributed by atoms with Gasteiger partial charge in [0.2, 0.25) is 21.9 Å². The van der Waals surface area contributed by atoms with Crippen molar-refractivity contribution in [1.29, 1.82) is 0 Å². The fraction of sp³-hybridized carbons (Fsp3) is 0.556. The molecule has 0 aliphatic carbocycles. The van der Waals surface area contributed by atoms with Crippen molar-refractivity contribution in [2.45, 2.75) is 25.5 Å². The fourth-order valence-electron chi connectivity index (χ4n) is 0.820. The summed E-state index contributed by atoms with van der Waals surface area (Å²) in [7, 11) is -2.18. The highest BCUT2D eigenvalue weighted by atomic mass is 35.5. The van der Waals surface area contributed by atoms with Crippen molar-refractivity contribution in [2.75, 3.05) is 11.8 Å². The zero-order valence-corrected chi connectivity index (χ0v) is 11.6. The maximum atomic E-state index is 11.9. The Kier molecular flexibility index (Phi) is 3.83. The van der Waals surface area contributed by atoms with Crippen LogP contribution >= 0.6 is 11.6 Å². The van der Waals surface area contributed by atoms with Crippen molar-refractivity contribution in [3.63, 3.8) is 0 Å². The summed E-state index contributed by atoms with van der Waals surface area (Å²) in [5.41, 5.74) is 0. The van der Waals surface area contributed by atoms with Crippen molar-refractivity contribution < 1.29 is 13.2 Å². The number of hydrogen-bond donors (Lipinski definition) is 1. The zero-order chi connectivity index (χ0) is 13.3. The van der Waals surface area contributed by atoms with Gasteiger partial charge >= 0.3 is 0 Å². The van der Waals surface area contributed by atoms with Crippen LogP contribution in [0.4, 0.5) is 5.95 Å². The van der Waals surface area contributed by atoms with Gasteiger partial charge in [0, 0.05) is 6.07 Å². The van der Waals surface area contributed by atoms with E-state index in [1.165, 1.54) is 13.2 Å². The summed E-state index contributed by atoms with van der Waals surface area (Å²) in [6, 6.07) is 1.39. The highest BCUT2D eigenvalue weighted by Crippen LogP contribution is 2.20. The molecular formula is C9H14ClN3O3S. The third kappa shape index (κ3) is 3.44. The lowest BCUT2D eigenvalue weighted by atomic mass is 10.3. The van der Waals surface area contributed by atoms with Crippen LogP contribution in [0.15, 0.2) is 6.07 Å². The van der Waals surface area contributed by atoms with E-state index in [2.05, 4.69) is 14.7 Å². The summed E-state index contributed by atoms with van der Waals surface area (Å²) in [4.78, 5) is 7.61. The lowest BCUT2D eigenvalue weighted by Gasteiger charge is -2.19. The lowest BCUT2D eigenvalue weighted by Crippen LogP contribution is -2.34. The molecule has 1 aromatic rings. The van der Waals surface area contributed by atoms with Crippen molar-refractivity contribution >= 4 is 27.6 Å². The molecule has 0 bridgehead atoms. The Balaban J connectivity index is 3.08. The van der Waals surface area contributed by atoms with Crippen LogP contribution in [0, 0.1) is 0 Å². The van der Waals surface area contributed by atoms with Crippen molar-refractivity contribution in [2.24, 2.45) is 0 Å². The van der Waals surface area contributed by atoms with Crippen LogP contribution in [0.5, 0.6) is 5.88 Å². The van der Waals surface area contributed by atoms with E-state index < -0.39 is 14.8 Å². The van der Waals surface area contributed by atoms with Crippen LogP contribution in [0.2, 0.25) is 5.15 Å². The summed E-state index contributed by atoms with van der Waals surface area (Å²) in [6.07, 6.45) is 0. The molecule has 0 radical (unpaired) electrons. The number of halogens is 1. The highest BCUT2D eigenvalue weighted by Gasteiger charge is 2.29. The minimum atomic E-state index is -3.58. The molecule has 0 unspecified atom stereocenters. The molecular weight excluding hydrogens is 266 g/mol. The quantitative estimate of drug-likeness (QED) is 0.852. The van der Waals surface area contributed by atoms with Gasteiger partial charge in [-0.1, -0.05) is 11.6 Å². The topological polar surface area (TPSA) is 81.2 Å². The second kappa shape index (κ2) is 4.66. The predicted octanol–water partition coefficient (Wildman–Crippen LogP) is 1.68. The Labute approximate surface area is 105 Å². The largest absolute Gasteiger partial charge is 0.481 e. The number of nitrogens with zero attached hydrogens (tertiary/aromatic N) is 2. The zero-order valence-electron chi connectivity index (χ0n) is 9.98. The minimum absolute atomic E-state index is 0.100. The molecule has 1 heterocycles. The van der Waals surface area contributed by atoms with Gasteiger partial charge in [-0.05, 0) is 20.8 Å². The maximum Gasteiger partial charge on any atom is 0.241 e. The normalized spacial score (nSPS) is 12.3. The summed E-state index contributed by atoms with van der Waals surface area (Å²) < 4.78 is 29.9. The molecule has 0 saturated heterocycles. The van der Waals surface area contributed by atoms with Crippen LogP contribution in [0.1, 0.15) is 20.8 Å². The van der Waals surface area contributed by atoms with Crippen LogP contribution in [-0.2, 0) is 10.0 Å². The van der Waals surface area contributed by atoms with E-state index in [1.54, 1.807) is 20.8 Å². The van der Waals surface area contributed by atoms with Gasteiger partial charge in [0.1, 0.15) is 5.15 Å². The number of rotatable bonds is 3. The summed E-state index contributed by atoms with van der Waals surface area (Å²) in [6.45, 7) is 4.70. The first-order valence-electron chi connectivity index (χ1n) is 4.76. The highest BCUT2D eigenvalue weighted by molar-refractivity contribution is 7.94. The number of sulfonamides is 1. The monoisotopic (exact) mass is 279 g/mol. The fourth-order valence-corrected chi connectivity index (χ4v) is 1.63. The van der Waals surface area contributed by atoms with Gasteiger partial charge in [-0.2, -0.15) is 4.98 Å². The molecule has 1 N–H and O–H groups in total.